The van der Waals surface area contributed by atoms with Crippen LogP contribution in [0.5, 0.6) is 0 Å². The molecule has 1 aromatic carbocycles. The van der Waals surface area contributed by atoms with Gasteiger partial charge in [-0.1, -0.05) is 88.2 Å². The molecule has 2 spiro atoms. The molecule has 18 heteroatoms. The average molecular weight is 918 g/mol. The number of amides is 3. The third kappa shape index (κ3) is 10.8. The van der Waals surface area contributed by atoms with Crippen molar-refractivity contribution in [1.82, 2.24) is 16.0 Å². The summed E-state index contributed by atoms with van der Waals surface area (Å²) in [6, 6.07) is 4.53. The smallest absolute Gasteiger partial charge is 0.331 e. The molecule has 6 rings (SSSR count). The molecule has 3 aliphatic heterocycles. The van der Waals surface area contributed by atoms with Gasteiger partial charge in [0, 0.05) is 37.0 Å². The normalized spacial score (nSPS) is 32.4. The van der Waals surface area contributed by atoms with Crippen LogP contribution in [0.3, 0.4) is 0 Å². The third-order valence-electron chi connectivity index (χ3n) is 14.5. The van der Waals surface area contributed by atoms with Gasteiger partial charge in [-0.3, -0.25) is 19.4 Å². The number of hydrogen-bond donors (Lipinski definition) is 6. The van der Waals surface area contributed by atoms with Crippen LogP contribution in [-0.2, 0) is 58.9 Å². The molecule has 1 aromatic rings. The number of ether oxygens (including phenoxy) is 5. The Hall–Kier alpha value is -5.59. The van der Waals surface area contributed by atoms with Gasteiger partial charge in [-0.2, -0.15) is 0 Å². The number of hydrogen-bond acceptors (Lipinski definition) is 13. The van der Waals surface area contributed by atoms with Crippen molar-refractivity contribution in [2.75, 3.05) is 26.4 Å². The van der Waals surface area contributed by atoms with Crippen LogP contribution in [0, 0.1) is 22.7 Å². The van der Waals surface area contributed by atoms with Crippen LogP contribution in [-0.4, -0.2) is 116 Å². The quantitative estimate of drug-likeness (QED) is 0.0296. The van der Waals surface area contributed by atoms with Crippen LogP contribution in [0.4, 0.5) is 0 Å². The van der Waals surface area contributed by atoms with Crippen molar-refractivity contribution in [2.24, 2.45) is 44.9 Å². The zero-order valence-electron chi connectivity index (χ0n) is 38.6. The highest BCUT2D eigenvalue weighted by Crippen LogP contribution is 2.72. The molecule has 2 bridgehead atoms. The fourth-order valence-electron chi connectivity index (χ4n) is 10.0. The zero-order valence-corrected chi connectivity index (χ0v) is 38.6. The lowest BCUT2D eigenvalue weighted by molar-refractivity contribution is -0.233. The second-order valence-electron chi connectivity index (χ2n) is 18.7. The second kappa shape index (κ2) is 21.4. The minimum absolute atomic E-state index is 0.0385. The minimum atomic E-state index is -1.30. The Morgan fingerprint density at radius 1 is 0.939 bits per heavy atom. The van der Waals surface area contributed by atoms with Crippen molar-refractivity contribution >= 4 is 41.6 Å². The van der Waals surface area contributed by atoms with Gasteiger partial charge < -0.3 is 56.8 Å². The monoisotopic (exact) mass is 917 g/mol. The number of nitrogens with two attached hydrogens (primary N) is 3. The summed E-state index contributed by atoms with van der Waals surface area (Å²) >= 11 is 0. The van der Waals surface area contributed by atoms with Gasteiger partial charge in [-0.05, 0) is 56.4 Å². The summed E-state index contributed by atoms with van der Waals surface area (Å²) in [6.07, 6.45) is 8.38. The van der Waals surface area contributed by atoms with E-state index in [0.29, 0.717) is 32.3 Å². The van der Waals surface area contributed by atoms with E-state index in [0.717, 1.165) is 17.2 Å². The summed E-state index contributed by atoms with van der Waals surface area (Å²) in [6.45, 7) is 9.75. The third-order valence-corrected chi connectivity index (χ3v) is 14.5. The predicted molar refractivity (Wildman–Crippen MR) is 243 cm³/mol. The number of carbonyl (C=O) groups is 6. The number of carbonyl (C=O) groups excluding carboxylic acids is 6. The lowest BCUT2D eigenvalue weighted by Crippen LogP contribution is -2.67. The van der Waals surface area contributed by atoms with Crippen LogP contribution < -0.4 is 33.2 Å². The molecule has 0 aromatic heterocycles. The molecule has 2 saturated heterocycles. The Balaban J connectivity index is 1.30. The number of aliphatic imine (C=N–C) groups is 1. The van der Waals surface area contributed by atoms with Gasteiger partial charge in [0.05, 0.1) is 36.9 Å². The fourth-order valence-corrected chi connectivity index (χ4v) is 10.0. The first-order valence-electron chi connectivity index (χ1n) is 23.1. The molecule has 2 unspecified atom stereocenters. The van der Waals surface area contributed by atoms with Crippen molar-refractivity contribution in [2.45, 2.75) is 134 Å². The Labute approximate surface area is 386 Å². The van der Waals surface area contributed by atoms with Crippen molar-refractivity contribution in [3.8, 4) is 0 Å². The van der Waals surface area contributed by atoms with Gasteiger partial charge >= 0.3 is 17.9 Å². The van der Waals surface area contributed by atoms with Crippen molar-refractivity contribution in [3.05, 3.63) is 71.8 Å². The summed E-state index contributed by atoms with van der Waals surface area (Å²) in [7, 11) is 0. The van der Waals surface area contributed by atoms with Crippen LogP contribution >= 0.6 is 0 Å². The molecule has 9 N–H and O–H groups in total. The van der Waals surface area contributed by atoms with Crippen LogP contribution in [0.25, 0.3) is 0 Å². The maximum absolute atomic E-state index is 14.7. The second-order valence-corrected chi connectivity index (χ2v) is 18.7. The topological polar surface area (TPSA) is 278 Å². The van der Waals surface area contributed by atoms with Crippen molar-refractivity contribution in [3.63, 3.8) is 0 Å². The largest absolute Gasteiger partial charge is 0.463 e. The number of rotatable bonds is 14. The van der Waals surface area contributed by atoms with E-state index in [9.17, 15) is 28.8 Å². The van der Waals surface area contributed by atoms with Gasteiger partial charge in [0.15, 0.2) is 5.96 Å². The van der Waals surface area contributed by atoms with E-state index in [-0.39, 0.29) is 63.4 Å². The number of nitrogens with one attached hydrogen (secondary N) is 3. The van der Waals surface area contributed by atoms with Gasteiger partial charge in [0.25, 0.3) is 0 Å². The van der Waals surface area contributed by atoms with Gasteiger partial charge in [0.2, 0.25) is 17.7 Å². The molecule has 3 fully saturated rings. The van der Waals surface area contributed by atoms with Crippen molar-refractivity contribution in [1.29, 1.82) is 0 Å². The fraction of sp³-hybridized carbons (Fsp3) is 0.604. The van der Waals surface area contributed by atoms with E-state index in [2.05, 4.69) is 27.0 Å². The number of allylic oxidation sites excluding steroid dienone is 3. The Morgan fingerprint density at radius 3 is 2.32 bits per heavy atom. The molecule has 66 heavy (non-hydrogen) atoms. The molecule has 360 valence electrons. The van der Waals surface area contributed by atoms with Gasteiger partial charge in [0.1, 0.15) is 36.4 Å². The summed E-state index contributed by atoms with van der Waals surface area (Å²) in [5.41, 5.74) is 16.8. The van der Waals surface area contributed by atoms with E-state index in [1.807, 2.05) is 58.0 Å². The molecule has 0 radical (unpaired) electrons. The highest BCUT2D eigenvalue weighted by atomic mass is 16.6. The van der Waals surface area contributed by atoms with Gasteiger partial charge in [-0.15, -0.1) is 0 Å². The molecular weight excluding hydrogens is 851 g/mol. The maximum atomic E-state index is 14.7. The predicted octanol–water partition coefficient (Wildman–Crippen LogP) is 1.93. The van der Waals surface area contributed by atoms with E-state index in [1.165, 1.54) is 18.2 Å². The molecule has 2 aliphatic carbocycles. The Morgan fingerprint density at radius 2 is 1.64 bits per heavy atom. The first kappa shape index (κ1) is 49.8. The lowest BCUT2D eigenvalue weighted by atomic mass is 9.51. The van der Waals surface area contributed by atoms with E-state index in [1.54, 1.807) is 6.92 Å². The van der Waals surface area contributed by atoms with Crippen LogP contribution in [0.15, 0.2) is 71.3 Å². The standard InChI is InChI=1S/C48H67N7O11/c1-6-29(3)39(49)43(60)54-33(24-31-13-8-7-9-14-31)42(59)53-32(15-12-21-52-45(50)51)41(58)55-40-30(4)19-22-62-37(56)16-10-11-17-38(57)66-34-25-36-48(27-64-48)46(34,5)47(26-63-44(40)61)20-18-28(2)23-35(47)65-36/h7-11,13-14,16-17,23,29-30,32-36,39-40H,6,12,15,18-22,24-27,49H2,1-5H3,(H,53,59)(H,54,60)(H,55,58)(H4,50,51,52)/b16-10+,17-11-/t29?,30-,32+,33+,34-,35?,36-,39+,40-,46-,47-,48+/m1/s1. The summed E-state index contributed by atoms with van der Waals surface area (Å²) in [5, 5.41) is 8.49. The molecule has 1 saturated carbocycles. The maximum Gasteiger partial charge on any atom is 0.331 e. The number of guanidine groups is 1. The first-order chi connectivity index (χ1) is 31.4. The summed E-state index contributed by atoms with van der Waals surface area (Å²) in [4.78, 5) is 86.9. The molecule has 18 nitrogen and oxygen atoms in total. The van der Waals surface area contributed by atoms with Gasteiger partial charge in [-0.25, -0.2) is 14.4 Å². The van der Waals surface area contributed by atoms with E-state index in [4.69, 9.17) is 40.9 Å². The number of benzene rings is 1. The lowest BCUT2D eigenvalue weighted by Gasteiger charge is -2.58. The molecule has 3 amide bonds. The molecule has 3 heterocycles. The van der Waals surface area contributed by atoms with E-state index >= 15 is 0 Å². The Bertz CT molecular complexity index is 2090. The number of esters is 3. The molecular formula is C48H67N7O11. The summed E-state index contributed by atoms with van der Waals surface area (Å²) < 4.78 is 30.9. The van der Waals surface area contributed by atoms with Crippen molar-refractivity contribution < 1.29 is 52.5 Å². The number of nitrogens with zero attached hydrogens (tertiary/aromatic N) is 1. The van der Waals surface area contributed by atoms with Crippen LogP contribution in [0.1, 0.15) is 85.1 Å². The average Bonchev–Trinajstić information content (AvgIpc) is 4.08. The SMILES string of the molecule is CCC(C)[C@H](N)C(=O)N[C@@H](Cc1ccccc1)C(=O)N[C@@H](CCCN=C(N)N)C(=O)N[C@H]1C(=O)OC[C@]23CCC(C)=CC2O[C@@H]2C[C@@H](OC(=O)/C=C\C=C\C(=O)OCC[C@H]1C)[C@@]3(C)[C@]21CO1. The minimum Gasteiger partial charge on any atom is -0.463 e. The molecule has 5 aliphatic rings. The zero-order chi connectivity index (χ0) is 47.8. The highest BCUT2D eigenvalue weighted by Gasteiger charge is 2.83. The molecule has 12 atom stereocenters. The first-order valence-corrected chi connectivity index (χ1v) is 23.1. The Kier molecular flexibility index (Phi) is 16.1. The summed E-state index contributed by atoms with van der Waals surface area (Å²) in [5.74, 6) is -4.94. The number of epoxide rings is 1. The number of cyclic esters (lactones) is 2. The van der Waals surface area contributed by atoms with E-state index < -0.39 is 94.4 Å². The van der Waals surface area contributed by atoms with Crippen LogP contribution in [0.2, 0.25) is 0 Å². The highest BCUT2D eigenvalue weighted by molar-refractivity contribution is 5.94.